The van der Waals surface area contributed by atoms with Gasteiger partial charge in [-0.2, -0.15) is 0 Å². The molecule has 0 saturated carbocycles. The van der Waals surface area contributed by atoms with Crippen LogP contribution in [-0.2, 0) is 0 Å². The van der Waals surface area contributed by atoms with Crippen LogP contribution < -0.4 is 4.74 Å². The van der Waals surface area contributed by atoms with Gasteiger partial charge in [0.1, 0.15) is 12.4 Å². The van der Waals surface area contributed by atoms with Crippen LogP contribution >= 0.6 is 0 Å². The van der Waals surface area contributed by atoms with Crippen LogP contribution in [0.3, 0.4) is 0 Å². The first kappa shape index (κ1) is 13.3. The molecule has 0 spiro atoms. The molecule has 1 aliphatic rings. The highest BCUT2D eigenvalue weighted by molar-refractivity contribution is 5.24. The third-order valence-corrected chi connectivity index (χ3v) is 3.30. The summed E-state index contributed by atoms with van der Waals surface area (Å²) < 4.78 is 31.5. The smallest absolute Gasteiger partial charge is 0.165 e. The second-order valence-electron chi connectivity index (χ2n) is 4.97. The number of nitrogens with zero attached hydrogens (tertiary/aromatic N) is 1. The number of rotatable bonds is 4. The minimum atomic E-state index is -0.511. The van der Waals surface area contributed by atoms with Crippen LogP contribution in [0.4, 0.5) is 8.78 Å². The van der Waals surface area contributed by atoms with Crippen LogP contribution in [0.15, 0.2) is 18.2 Å². The number of hydrogen-bond acceptors (Lipinski definition) is 2. The summed E-state index contributed by atoms with van der Waals surface area (Å²) in [5.74, 6) is -0.272. The number of benzene rings is 1. The van der Waals surface area contributed by atoms with Gasteiger partial charge in [-0.3, -0.25) is 4.90 Å². The van der Waals surface area contributed by atoms with Crippen molar-refractivity contribution in [2.24, 2.45) is 5.92 Å². The van der Waals surface area contributed by atoms with E-state index in [0.29, 0.717) is 12.5 Å². The first-order chi connectivity index (χ1) is 8.65. The summed E-state index contributed by atoms with van der Waals surface area (Å²) in [6.07, 6.45) is 2.48. The highest BCUT2D eigenvalue weighted by Gasteiger charge is 2.16. The van der Waals surface area contributed by atoms with E-state index >= 15 is 0 Å². The molecule has 0 radical (unpaired) electrons. The van der Waals surface area contributed by atoms with Gasteiger partial charge in [-0.25, -0.2) is 8.78 Å². The fourth-order valence-electron chi connectivity index (χ4n) is 2.36. The van der Waals surface area contributed by atoms with Crippen molar-refractivity contribution < 1.29 is 13.5 Å². The normalized spacial score (nSPS) is 20.9. The molecule has 0 N–H and O–H groups in total. The van der Waals surface area contributed by atoms with Crippen molar-refractivity contribution in [1.29, 1.82) is 0 Å². The summed E-state index contributed by atoms with van der Waals surface area (Å²) in [6, 6.07) is 3.27. The summed E-state index contributed by atoms with van der Waals surface area (Å²) in [7, 11) is 0. The minimum Gasteiger partial charge on any atom is -0.489 e. The maximum Gasteiger partial charge on any atom is 0.165 e. The number of likely N-dealkylation sites (tertiary alicyclic amines) is 1. The van der Waals surface area contributed by atoms with Gasteiger partial charge in [0.2, 0.25) is 0 Å². The molecule has 0 aromatic heterocycles. The van der Waals surface area contributed by atoms with Gasteiger partial charge in [-0.05, 0) is 37.4 Å². The van der Waals surface area contributed by atoms with E-state index in [1.165, 1.54) is 12.8 Å². The summed E-state index contributed by atoms with van der Waals surface area (Å²) >= 11 is 0. The fourth-order valence-corrected chi connectivity index (χ4v) is 2.36. The topological polar surface area (TPSA) is 12.5 Å². The van der Waals surface area contributed by atoms with Gasteiger partial charge in [0, 0.05) is 19.2 Å². The Kier molecular flexibility index (Phi) is 4.53. The standard InChI is InChI=1S/C14H19F2NO/c1-11-3-2-6-17(10-11)7-8-18-14-9-12(15)4-5-13(14)16/h4-5,9,11H,2-3,6-8,10H2,1H3. The van der Waals surface area contributed by atoms with E-state index in [0.717, 1.165) is 37.8 Å². The maximum atomic E-state index is 13.3. The Bertz CT molecular complexity index is 397. The predicted octanol–water partition coefficient (Wildman–Crippen LogP) is 3.08. The van der Waals surface area contributed by atoms with Crippen molar-refractivity contribution in [1.82, 2.24) is 4.90 Å². The van der Waals surface area contributed by atoms with E-state index < -0.39 is 11.6 Å². The van der Waals surface area contributed by atoms with E-state index in [9.17, 15) is 8.78 Å². The average molecular weight is 255 g/mol. The molecule has 18 heavy (non-hydrogen) atoms. The molecule has 1 fully saturated rings. The summed E-state index contributed by atoms with van der Waals surface area (Å²) in [6.45, 7) is 5.53. The molecule has 1 unspecified atom stereocenters. The van der Waals surface area contributed by atoms with Crippen LogP contribution in [-0.4, -0.2) is 31.1 Å². The van der Waals surface area contributed by atoms with E-state index in [1.807, 2.05) is 0 Å². The molecule has 1 atom stereocenters. The molecule has 2 nitrogen and oxygen atoms in total. The summed E-state index contributed by atoms with van der Waals surface area (Å²) in [4.78, 5) is 2.31. The number of ether oxygens (including phenoxy) is 1. The Morgan fingerprint density at radius 1 is 1.39 bits per heavy atom. The van der Waals surface area contributed by atoms with E-state index in [1.54, 1.807) is 0 Å². The van der Waals surface area contributed by atoms with Gasteiger partial charge in [-0.1, -0.05) is 6.92 Å². The van der Waals surface area contributed by atoms with E-state index in [2.05, 4.69) is 11.8 Å². The van der Waals surface area contributed by atoms with Crippen molar-refractivity contribution in [3.63, 3.8) is 0 Å². The third kappa shape index (κ3) is 3.67. The van der Waals surface area contributed by atoms with Gasteiger partial charge in [-0.15, -0.1) is 0 Å². The van der Waals surface area contributed by atoms with E-state index in [-0.39, 0.29) is 5.75 Å². The van der Waals surface area contributed by atoms with Crippen LogP contribution in [0.5, 0.6) is 5.75 Å². The second-order valence-corrected chi connectivity index (χ2v) is 4.97. The van der Waals surface area contributed by atoms with E-state index in [4.69, 9.17) is 4.74 Å². The van der Waals surface area contributed by atoms with Crippen LogP contribution in [0.2, 0.25) is 0 Å². The van der Waals surface area contributed by atoms with Crippen molar-refractivity contribution in [3.05, 3.63) is 29.8 Å². The maximum absolute atomic E-state index is 13.3. The van der Waals surface area contributed by atoms with Gasteiger partial charge in [0.25, 0.3) is 0 Å². The molecule has 4 heteroatoms. The zero-order valence-corrected chi connectivity index (χ0v) is 10.7. The van der Waals surface area contributed by atoms with Crippen molar-refractivity contribution >= 4 is 0 Å². The predicted molar refractivity (Wildman–Crippen MR) is 66.7 cm³/mol. The molecule has 100 valence electrons. The lowest BCUT2D eigenvalue weighted by Crippen LogP contribution is -2.37. The van der Waals surface area contributed by atoms with Gasteiger partial charge >= 0.3 is 0 Å². The van der Waals surface area contributed by atoms with Gasteiger partial charge < -0.3 is 4.74 Å². The zero-order chi connectivity index (χ0) is 13.0. The second kappa shape index (κ2) is 6.14. The highest BCUT2D eigenvalue weighted by atomic mass is 19.1. The first-order valence-electron chi connectivity index (χ1n) is 6.45. The SMILES string of the molecule is CC1CCCN(CCOc2cc(F)ccc2F)C1. The molecule has 1 heterocycles. The van der Waals surface area contributed by atoms with Gasteiger partial charge in [0.15, 0.2) is 11.6 Å². The third-order valence-electron chi connectivity index (χ3n) is 3.30. The van der Waals surface area contributed by atoms with Crippen LogP contribution in [0.25, 0.3) is 0 Å². The Morgan fingerprint density at radius 3 is 3.00 bits per heavy atom. The summed E-state index contributed by atoms with van der Waals surface area (Å²) in [5, 5.41) is 0. The molecular formula is C14H19F2NO. The molecule has 0 bridgehead atoms. The quantitative estimate of drug-likeness (QED) is 0.819. The van der Waals surface area contributed by atoms with Crippen molar-refractivity contribution in [2.75, 3.05) is 26.2 Å². The molecule has 2 rings (SSSR count). The zero-order valence-electron chi connectivity index (χ0n) is 10.7. The Labute approximate surface area is 107 Å². The van der Waals surface area contributed by atoms with Crippen LogP contribution in [0, 0.1) is 17.6 Å². The molecule has 1 saturated heterocycles. The number of halogens is 2. The lowest BCUT2D eigenvalue weighted by molar-refractivity contribution is 0.151. The lowest BCUT2D eigenvalue weighted by atomic mass is 10.0. The van der Waals surface area contributed by atoms with Crippen molar-refractivity contribution in [3.8, 4) is 5.75 Å². The monoisotopic (exact) mass is 255 g/mol. The number of piperidine rings is 1. The molecule has 1 aliphatic heterocycles. The van der Waals surface area contributed by atoms with Crippen LogP contribution in [0.1, 0.15) is 19.8 Å². The largest absolute Gasteiger partial charge is 0.489 e. The Balaban J connectivity index is 1.79. The molecular weight excluding hydrogens is 236 g/mol. The molecule has 0 amide bonds. The Hall–Kier alpha value is -1.16. The average Bonchev–Trinajstić information content (AvgIpc) is 2.34. The van der Waals surface area contributed by atoms with Crippen molar-refractivity contribution in [2.45, 2.75) is 19.8 Å². The lowest BCUT2D eigenvalue weighted by Gasteiger charge is -2.30. The number of hydrogen-bond donors (Lipinski definition) is 0. The minimum absolute atomic E-state index is 0.0000536. The Morgan fingerprint density at radius 2 is 2.22 bits per heavy atom. The van der Waals surface area contributed by atoms with Gasteiger partial charge in [0.05, 0.1) is 0 Å². The molecule has 1 aromatic carbocycles. The molecule has 1 aromatic rings. The fraction of sp³-hybridized carbons (Fsp3) is 0.571. The first-order valence-corrected chi connectivity index (χ1v) is 6.45. The molecule has 0 aliphatic carbocycles. The summed E-state index contributed by atoms with van der Waals surface area (Å²) in [5.41, 5.74) is 0. The highest BCUT2D eigenvalue weighted by Crippen LogP contribution is 2.18.